The number of imidazole rings is 1. The van der Waals surface area contributed by atoms with Gasteiger partial charge in [-0.1, -0.05) is 24.3 Å². The molecule has 0 saturated carbocycles. The topological polar surface area (TPSA) is 97.2 Å². The summed E-state index contributed by atoms with van der Waals surface area (Å²) in [7, 11) is 1.88. The monoisotopic (exact) mass is 463 g/mol. The van der Waals surface area contributed by atoms with Crippen LogP contribution in [-0.2, 0) is 13.5 Å². The maximum Gasteiger partial charge on any atom is 0.258 e. The van der Waals surface area contributed by atoms with Crippen molar-refractivity contribution in [2.24, 2.45) is 7.05 Å². The first-order valence-corrected chi connectivity index (χ1v) is 11.4. The van der Waals surface area contributed by atoms with E-state index in [1.807, 2.05) is 73.0 Å². The second-order valence-corrected chi connectivity index (χ2v) is 8.81. The first-order valence-electron chi connectivity index (χ1n) is 11.4. The zero-order valence-electron chi connectivity index (χ0n) is 18.9. The van der Waals surface area contributed by atoms with Gasteiger partial charge >= 0.3 is 0 Å². The van der Waals surface area contributed by atoms with Gasteiger partial charge in [0.05, 0.1) is 35.5 Å². The van der Waals surface area contributed by atoms with Gasteiger partial charge in [-0.3, -0.25) is 9.48 Å². The number of aromatic nitrogens is 6. The van der Waals surface area contributed by atoms with Crippen molar-refractivity contribution in [3.63, 3.8) is 0 Å². The highest BCUT2D eigenvalue weighted by Gasteiger charge is 2.37. The van der Waals surface area contributed by atoms with Crippen molar-refractivity contribution in [2.75, 3.05) is 6.54 Å². The van der Waals surface area contributed by atoms with Crippen LogP contribution in [0.2, 0.25) is 0 Å². The molecule has 6 heterocycles. The Morgan fingerprint density at radius 2 is 2.00 bits per heavy atom. The number of fused-ring (bicyclic) bond motifs is 3. The van der Waals surface area contributed by atoms with E-state index < -0.39 is 6.04 Å². The lowest BCUT2D eigenvalue weighted by Gasteiger charge is -2.33. The third kappa shape index (κ3) is 3.08. The fourth-order valence-electron chi connectivity index (χ4n) is 4.97. The Bertz CT molecular complexity index is 1690. The van der Waals surface area contributed by atoms with Crippen molar-refractivity contribution in [2.45, 2.75) is 12.5 Å². The molecule has 1 amide bonds. The average Bonchev–Trinajstić information content (AvgIpc) is 3.67. The van der Waals surface area contributed by atoms with Crippen LogP contribution >= 0.6 is 0 Å². The highest BCUT2D eigenvalue weighted by molar-refractivity contribution is 6.01. The van der Waals surface area contributed by atoms with Gasteiger partial charge in [-0.15, -0.1) is 0 Å². The zero-order chi connectivity index (χ0) is 23.5. The second kappa shape index (κ2) is 7.42. The zero-order valence-corrected chi connectivity index (χ0v) is 18.9. The Kier molecular flexibility index (Phi) is 4.19. The van der Waals surface area contributed by atoms with E-state index in [0.717, 1.165) is 39.0 Å². The Hall–Kier alpha value is -4.66. The number of aromatic amines is 1. The summed E-state index contributed by atoms with van der Waals surface area (Å²) in [5.41, 5.74) is 5.90. The van der Waals surface area contributed by atoms with Crippen LogP contribution in [0.4, 0.5) is 0 Å². The van der Waals surface area contributed by atoms with Crippen molar-refractivity contribution in [1.29, 1.82) is 0 Å². The van der Waals surface area contributed by atoms with E-state index in [4.69, 9.17) is 4.42 Å². The molecule has 35 heavy (non-hydrogen) atoms. The molecule has 9 nitrogen and oxygen atoms in total. The fraction of sp³-hybridized carbons (Fsp3) is 0.154. The second-order valence-electron chi connectivity index (χ2n) is 8.81. The van der Waals surface area contributed by atoms with Gasteiger partial charge in [-0.25, -0.2) is 9.50 Å². The molecule has 0 unspecified atom stereocenters. The summed E-state index contributed by atoms with van der Waals surface area (Å²) < 4.78 is 9.71. The smallest absolute Gasteiger partial charge is 0.258 e. The number of benzene rings is 1. The van der Waals surface area contributed by atoms with Gasteiger partial charge in [0.1, 0.15) is 17.4 Å². The summed E-state index contributed by atoms with van der Waals surface area (Å²) in [4.78, 5) is 23.6. The minimum atomic E-state index is -0.422. The molecule has 0 aliphatic carbocycles. The largest absolute Gasteiger partial charge is 0.458 e. The number of H-pyrrole nitrogens is 1. The van der Waals surface area contributed by atoms with E-state index in [0.29, 0.717) is 24.3 Å². The summed E-state index contributed by atoms with van der Waals surface area (Å²) in [5.74, 6) is 0.594. The molecule has 9 heteroatoms. The predicted molar refractivity (Wildman–Crippen MR) is 129 cm³/mol. The van der Waals surface area contributed by atoms with Gasteiger partial charge in [0.15, 0.2) is 0 Å². The van der Waals surface area contributed by atoms with E-state index in [1.54, 1.807) is 21.7 Å². The quantitative estimate of drug-likeness (QED) is 0.428. The van der Waals surface area contributed by atoms with Crippen LogP contribution in [0, 0.1) is 0 Å². The minimum Gasteiger partial charge on any atom is -0.458 e. The van der Waals surface area contributed by atoms with Crippen molar-refractivity contribution in [3.8, 4) is 11.1 Å². The number of hydrogen-bond acceptors (Lipinski definition) is 5. The summed E-state index contributed by atoms with van der Waals surface area (Å²) in [5, 5.41) is 9.73. The predicted octanol–water partition coefficient (Wildman–Crippen LogP) is 3.99. The maximum atomic E-state index is 13.9. The third-order valence-electron chi connectivity index (χ3n) is 6.68. The summed E-state index contributed by atoms with van der Waals surface area (Å²) >= 11 is 0. The number of amides is 1. The normalized spacial score (nSPS) is 15.7. The number of hydrogen-bond donors (Lipinski definition) is 1. The molecule has 5 aromatic heterocycles. The standard InChI is InChI=1S/C26H21N7O2/c1-31-13-18(11-29-31)17-6-7-21-19(12-30-33(21)14-17)26(34)32-9-8-20-24(28-15-27-20)25(32)23-10-16-4-2-3-5-22(16)35-23/h2-7,10-15,25H,8-9H2,1H3,(H,27,28)/t25-/m1/s1. The molecule has 0 saturated heterocycles. The number of nitrogens with one attached hydrogen (secondary N) is 1. The number of carbonyl (C=O) groups is 1. The van der Waals surface area contributed by atoms with Crippen LogP contribution < -0.4 is 0 Å². The first-order chi connectivity index (χ1) is 17.2. The lowest BCUT2D eigenvalue weighted by molar-refractivity contribution is 0.0675. The SMILES string of the molecule is Cn1cc(-c2ccc3c(C(=O)N4CCc5[nH]cnc5[C@H]4c4cc5ccccc5o4)cnn3c2)cn1. The van der Waals surface area contributed by atoms with Gasteiger partial charge in [0.25, 0.3) is 5.91 Å². The van der Waals surface area contributed by atoms with Crippen LogP contribution in [0.15, 0.2) is 78.0 Å². The molecule has 0 fully saturated rings. The molecule has 1 aliphatic heterocycles. The molecule has 0 spiro atoms. The highest BCUT2D eigenvalue weighted by atomic mass is 16.3. The fourth-order valence-corrected chi connectivity index (χ4v) is 4.97. The molecule has 7 rings (SSSR count). The molecular weight excluding hydrogens is 442 g/mol. The van der Waals surface area contributed by atoms with Crippen molar-refractivity contribution >= 4 is 22.4 Å². The number of para-hydroxylation sites is 1. The van der Waals surface area contributed by atoms with Crippen LogP contribution in [0.3, 0.4) is 0 Å². The van der Waals surface area contributed by atoms with E-state index in [2.05, 4.69) is 20.2 Å². The molecule has 0 bridgehead atoms. The molecule has 172 valence electrons. The number of pyridine rings is 1. The molecule has 1 N–H and O–H groups in total. The van der Waals surface area contributed by atoms with E-state index in [9.17, 15) is 4.79 Å². The number of nitrogens with zero attached hydrogens (tertiary/aromatic N) is 6. The van der Waals surface area contributed by atoms with E-state index >= 15 is 0 Å². The Morgan fingerprint density at radius 1 is 1.09 bits per heavy atom. The average molecular weight is 464 g/mol. The number of furan rings is 1. The maximum absolute atomic E-state index is 13.9. The Morgan fingerprint density at radius 3 is 2.86 bits per heavy atom. The molecule has 1 aromatic carbocycles. The van der Waals surface area contributed by atoms with Gasteiger partial charge in [0.2, 0.25) is 0 Å². The summed E-state index contributed by atoms with van der Waals surface area (Å²) in [6.07, 6.45) is 9.70. The number of aryl methyl sites for hydroxylation is 1. The van der Waals surface area contributed by atoms with Gasteiger partial charge < -0.3 is 14.3 Å². The third-order valence-corrected chi connectivity index (χ3v) is 6.68. The minimum absolute atomic E-state index is 0.103. The van der Waals surface area contributed by atoms with Gasteiger partial charge in [0, 0.05) is 54.6 Å². The first kappa shape index (κ1) is 19.8. The van der Waals surface area contributed by atoms with Crippen LogP contribution in [0.25, 0.3) is 27.6 Å². The van der Waals surface area contributed by atoms with Crippen molar-refractivity contribution < 1.29 is 9.21 Å². The van der Waals surface area contributed by atoms with Crippen molar-refractivity contribution in [1.82, 2.24) is 34.3 Å². The lowest BCUT2D eigenvalue weighted by Crippen LogP contribution is -2.40. The molecule has 0 radical (unpaired) electrons. The molecular formula is C26H21N7O2. The Balaban J connectivity index is 1.30. The summed E-state index contributed by atoms with van der Waals surface area (Å²) in [6.45, 7) is 0.543. The van der Waals surface area contributed by atoms with Crippen LogP contribution in [-0.4, -0.2) is 46.7 Å². The van der Waals surface area contributed by atoms with Gasteiger partial charge in [-0.2, -0.15) is 10.2 Å². The number of rotatable bonds is 3. The number of carbonyl (C=O) groups excluding carboxylic acids is 1. The lowest BCUT2D eigenvalue weighted by atomic mass is 9.99. The highest BCUT2D eigenvalue weighted by Crippen LogP contribution is 2.37. The molecule has 1 aliphatic rings. The Labute approximate surface area is 199 Å². The van der Waals surface area contributed by atoms with Crippen molar-refractivity contribution in [3.05, 3.63) is 96.3 Å². The molecule has 6 aromatic rings. The van der Waals surface area contributed by atoms with Crippen LogP contribution in [0.5, 0.6) is 0 Å². The summed E-state index contributed by atoms with van der Waals surface area (Å²) in [6, 6.07) is 13.4. The van der Waals surface area contributed by atoms with E-state index in [-0.39, 0.29) is 5.91 Å². The van der Waals surface area contributed by atoms with Crippen LogP contribution in [0.1, 0.15) is 33.5 Å². The van der Waals surface area contributed by atoms with E-state index in [1.165, 1.54) is 0 Å². The van der Waals surface area contributed by atoms with Gasteiger partial charge in [-0.05, 0) is 18.2 Å². The molecule has 1 atom stereocenters.